The van der Waals surface area contributed by atoms with Gasteiger partial charge in [-0.1, -0.05) is 70.9 Å². The first-order chi connectivity index (χ1) is 9.57. The Kier molecular flexibility index (Phi) is 13.3. The highest BCUT2D eigenvalue weighted by Crippen LogP contribution is 2.12. The van der Waals surface area contributed by atoms with E-state index in [4.69, 9.17) is 10.8 Å². The highest BCUT2D eigenvalue weighted by atomic mass is 16.3. The molecule has 0 saturated carbocycles. The Labute approximate surface area is 125 Å². The lowest BCUT2D eigenvalue weighted by atomic mass is 10.0. The third kappa shape index (κ3) is 12.6. The first kappa shape index (κ1) is 19.6. The number of allylic oxidation sites excluding steroid dienone is 1. The predicted octanol–water partition coefficient (Wildman–Crippen LogP) is 3.39. The molecule has 0 aliphatic carbocycles. The topological polar surface area (TPSA) is 66.5 Å². The second kappa shape index (κ2) is 13.6. The monoisotopic (exact) mass is 285 g/mol. The quantitative estimate of drug-likeness (QED) is 0.359. The molecule has 20 heavy (non-hydrogen) atoms. The zero-order valence-corrected chi connectivity index (χ0v) is 13.4. The predicted molar refractivity (Wildman–Crippen MR) is 86.6 cm³/mol. The van der Waals surface area contributed by atoms with Crippen molar-refractivity contribution in [2.45, 2.75) is 83.8 Å². The van der Waals surface area contributed by atoms with Crippen LogP contribution in [-0.4, -0.2) is 29.0 Å². The summed E-state index contributed by atoms with van der Waals surface area (Å²) in [5.74, 6) is 0.844. The van der Waals surface area contributed by atoms with Crippen LogP contribution in [0, 0.1) is 5.92 Å². The van der Waals surface area contributed by atoms with Gasteiger partial charge in [-0.05, 0) is 18.8 Å². The van der Waals surface area contributed by atoms with Gasteiger partial charge in [0.15, 0.2) is 0 Å². The summed E-state index contributed by atoms with van der Waals surface area (Å²) < 4.78 is 0. The molecule has 0 aromatic heterocycles. The smallest absolute Gasteiger partial charge is 0.0894 e. The Bertz CT molecular complexity index is 229. The van der Waals surface area contributed by atoms with Crippen LogP contribution < -0.4 is 5.73 Å². The van der Waals surface area contributed by atoms with E-state index in [1.807, 2.05) is 6.08 Å². The summed E-state index contributed by atoms with van der Waals surface area (Å²) in [4.78, 5) is 0. The lowest BCUT2D eigenvalue weighted by Gasteiger charge is -2.11. The van der Waals surface area contributed by atoms with Crippen LogP contribution in [-0.2, 0) is 0 Å². The molecule has 0 aliphatic rings. The van der Waals surface area contributed by atoms with Gasteiger partial charge in [-0.2, -0.15) is 0 Å². The van der Waals surface area contributed by atoms with Crippen molar-refractivity contribution in [2.75, 3.05) is 6.61 Å². The maximum atomic E-state index is 9.51. The van der Waals surface area contributed by atoms with E-state index in [0.717, 1.165) is 12.3 Å². The third-order valence-electron chi connectivity index (χ3n) is 3.64. The molecule has 0 aromatic carbocycles. The van der Waals surface area contributed by atoms with Crippen LogP contribution >= 0.6 is 0 Å². The first-order valence-corrected chi connectivity index (χ1v) is 8.29. The lowest BCUT2D eigenvalue weighted by Crippen LogP contribution is -2.36. The summed E-state index contributed by atoms with van der Waals surface area (Å²) in [5.41, 5.74) is 5.50. The molecule has 0 aromatic rings. The number of unbranched alkanes of at least 4 members (excludes halogenated alkanes) is 7. The molecule has 0 radical (unpaired) electrons. The van der Waals surface area contributed by atoms with Crippen molar-refractivity contribution in [3.63, 3.8) is 0 Å². The zero-order valence-electron chi connectivity index (χ0n) is 13.4. The van der Waals surface area contributed by atoms with E-state index in [-0.39, 0.29) is 6.61 Å². The molecule has 0 aliphatic heterocycles. The standard InChI is InChI=1S/C17H35NO2/c1-15(2)12-10-8-6-4-3-5-7-9-11-13-17(20)16(18)14-19/h11,13,15-17,19-20H,3-10,12,14,18H2,1-2H3. The average Bonchev–Trinajstić information content (AvgIpc) is 2.43. The second-order valence-electron chi connectivity index (χ2n) is 6.21. The van der Waals surface area contributed by atoms with E-state index < -0.39 is 12.1 Å². The molecular weight excluding hydrogens is 250 g/mol. The second-order valence-corrected chi connectivity index (χ2v) is 6.21. The van der Waals surface area contributed by atoms with Crippen molar-refractivity contribution in [1.82, 2.24) is 0 Å². The van der Waals surface area contributed by atoms with Gasteiger partial charge in [0.1, 0.15) is 0 Å². The first-order valence-electron chi connectivity index (χ1n) is 8.29. The summed E-state index contributed by atoms with van der Waals surface area (Å²) >= 11 is 0. The summed E-state index contributed by atoms with van der Waals surface area (Å²) in [5, 5.41) is 18.3. The van der Waals surface area contributed by atoms with E-state index in [1.165, 1.54) is 51.4 Å². The summed E-state index contributed by atoms with van der Waals surface area (Å²) in [6.45, 7) is 4.40. The number of hydrogen-bond donors (Lipinski definition) is 3. The van der Waals surface area contributed by atoms with Crippen LogP contribution in [0.15, 0.2) is 12.2 Å². The minimum absolute atomic E-state index is 0.178. The van der Waals surface area contributed by atoms with Gasteiger partial charge in [-0.15, -0.1) is 0 Å². The molecule has 4 N–H and O–H groups in total. The fraction of sp³-hybridized carbons (Fsp3) is 0.882. The Balaban J connectivity index is 3.26. The van der Waals surface area contributed by atoms with E-state index in [9.17, 15) is 5.11 Å². The Morgan fingerprint density at radius 3 is 2.05 bits per heavy atom. The Morgan fingerprint density at radius 2 is 1.50 bits per heavy atom. The van der Waals surface area contributed by atoms with Gasteiger partial charge in [0.2, 0.25) is 0 Å². The van der Waals surface area contributed by atoms with Crippen molar-refractivity contribution in [3.05, 3.63) is 12.2 Å². The van der Waals surface area contributed by atoms with Crippen molar-refractivity contribution in [3.8, 4) is 0 Å². The molecule has 0 bridgehead atoms. The van der Waals surface area contributed by atoms with Crippen molar-refractivity contribution in [2.24, 2.45) is 11.7 Å². The molecule has 0 spiro atoms. The van der Waals surface area contributed by atoms with Crippen molar-refractivity contribution < 1.29 is 10.2 Å². The lowest BCUT2D eigenvalue weighted by molar-refractivity contribution is 0.144. The number of nitrogens with two attached hydrogens (primary N) is 1. The number of hydrogen-bond acceptors (Lipinski definition) is 3. The van der Waals surface area contributed by atoms with Gasteiger partial charge < -0.3 is 15.9 Å². The maximum Gasteiger partial charge on any atom is 0.0894 e. The summed E-state index contributed by atoms with van der Waals surface area (Å²) in [6.07, 6.45) is 14.5. The molecule has 2 atom stereocenters. The SMILES string of the molecule is CC(C)CCCCCCCCCC=CC(O)C(N)CO. The third-order valence-corrected chi connectivity index (χ3v) is 3.64. The van der Waals surface area contributed by atoms with Gasteiger partial charge in [0, 0.05) is 0 Å². The molecule has 0 fully saturated rings. The molecule has 0 heterocycles. The van der Waals surface area contributed by atoms with Crippen LogP contribution in [0.5, 0.6) is 0 Å². The summed E-state index contributed by atoms with van der Waals surface area (Å²) in [6, 6.07) is -0.558. The van der Waals surface area contributed by atoms with Crippen molar-refractivity contribution >= 4 is 0 Å². The molecule has 2 unspecified atom stereocenters. The van der Waals surface area contributed by atoms with E-state index >= 15 is 0 Å². The highest BCUT2D eigenvalue weighted by Gasteiger charge is 2.08. The van der Waals surface area contributed by atoms with Gasteiger partial charge in [0.05, 0.1) is 18.8 Å². The van der Waals surface area contributed by atoms with Crippen molar-refractivity contribution in [1.29, 1.82) is 0 Å². The largest absolute Gasteiger partial charge is 0.395 e. The molecule has 0 saturated heterocycles. The van der Waals surface area contributed by atoms with E-state index in [1.54, 1.807) is 6.08 Å². The van der Waals surface area contributed by atoms with Crippen LogP contribution in [0.4, 0.5) is 0 Å². The fourth-order valence-electron chi connectivity index (χ4n) is 2.19. The molecule has 0 rings (SSSR count). The molecule has 3 nitrogen and oxygen atoms in total. The molecular formula is C17H35NO2. The maximum absolute atomic E-state index is 9.51. The molecule has 0 amide bonds. The minimum Gasteiger partial charge on any atom is -0.395 e. The van der Waals surface area contributed by atoms with Crippen LogP contribution in [0.2, 0.25) is 0 Å². The number of aliphatic hydroxyl groups is 2. The zero-order chi connectivity index (χ0) is 15.2. The number of rotatable bonds is 13. The Hall–Kier alpha value is -0.380. The van der Waals surface area contributed by atoms with Gasteiger partial charge in [-0.25, -0.2) is 0 Å². The normalized spacial score (nSPS) is 15.1. The Morgan fingerprint density at radius 1 is 0.950 bits per heavy atom. The van der Waals surface area contributed by atoms with E-state index in [0.29, 0.717) is 0 Å². The summed E-state index contributed by atoms with van der Waals surface area (Å²) in [7, 11) is 0. The van der Waals surface area contributed by atoms with E-state index in [2.05, 4.69) is 13.8 Å². The highest BCUT2D eigenvalue weighted by molar-refractivity contribution is 4.93. The van der Waals surface area contributed by atoms with Crippen LogP contribution in [0.3, 0.4) is 0 Å². The fourth-order valence-corrected chi connectivity index (χ4v) is 2.19. The van der Waals surface area contributed by atoms with Gasteiger partial charge in [0.25, 0.3) is 0 Å². The number of aliphatic hydroxyl groups excluding tert-OH is 2. The molecule has 120 valence electrons. The average molecular weight is 285 g/mol. The molecule has 3 heteroatoms. The van der Waals surface area contributed by atoms with Crippen LogP contribution in [0.25, 0.3) is 0 Å². The minimum atomic E-state index is -0.721. The van der Waals surface area contributed by atoms with Gasteiger partial charge in [-0.3, -0.25) is 0 Å². The van der Waals surface area contributed by atoms with Gasteiger partial charge >= 0.3 is 0 Å². The van der Waals surface area contributed by atoms with Crippen LogP contribution in [0.1, 0.15) is 71.6 Å².